The maximum atomic E-state index is 12.6. The molecule has 1 fully saturated rings. The number of fused-ring (bicyclic) bond motifs is 1. The number of hydrogen-bond acceptors (Lipinski definition) is 5. The van der Waals surface area contributed by atoms with Gasteiger partial charge in [-0.1, -0.05) is 12.1 Å². The second-order valence-electron chi connectivity index (χ2n) is 6.78. The molecule has 1 saturated heterocycles. The number of amides is 1. The van der Waals surface area contributed by atoms with Crippen LogP contribution in [-0.4, -0.2) is 40.8 Å². The summed E-state index contributed by atoms with van der Waals surface area (Å²) in [4.78, 5) is 18.7. The number of aliphatic hydroxyl groups is 1. The minimum atomic E-state index is -0.567. The maximum absolute atomic E-state index is 12.6. The van der Waals surface area contributed by atoms with Crippen molar-refractivity contribution >= 4 is 5.91 Å². The molecule has 0 bridgehead atoms. The number of likely N-dealkylation sites (tertiary alicyclic amines) is 1. The van der Waals surface area contributed by atoms with Gasteiger partial charge in [0.05, 0.1) is 18.2 Å². The standard InChI is InChI=1S/C20H22N2O4/c23-19(12-14-4-5-17-18(11-14)26-13-25-17)22-9-6-15(7-10-22)20(24)16-3-1-2-8-21-16/h1-5,8,11,15,20,24H,6-7,9-10,12-13H2. The van der Waals surface area contributed by atoms with Gasteiger partial charge in [0.25, 0.3) is 0 Å². The highest BCUT2D eigenvalue weighted by molar-refractivity contribution is 5.79. The topological polar surface area (TPSA) is 71.9 Å². The fraction of sp³-hybridized carbons (Fsp3) is 0.400. The van der Waals surface area contributed by atoms with E-state index in [1.54, 1.807) is 6.20 Å². The Kier molecular flexibility index (Phi) is 4.75. The smallest absolute Gasteiger partial charge is 0.231 e. The number of piperidine rings is 1. The summed E-state index contributed by atoms with van der Waals surface area (Å²) in [7, 11) is 0. The molecule has 0 spiro atoms. The number of pyridine rings is 1. The zero-order valence-corrected chi connectivity index (χ0v) is 14.5. The van der Waals surface area contributed by atoms with E-state index in [2.05, 4.69) is 4.98 Å². The molecule has 3 heterocycles. The lowest BCUT2D eigenvalue weighted by molar-refractivity contribution is -0.132. The molecule has 6 heteroatoms. The maximum Gasteiger partial charge on any atom is 0.231 e. The average molecular weight is 354 g/mol. The molecule has 1 unspecified atom stereocenters. The van der Waals surface area contributed by atoms with E-state index in [1.165, 1.54) is 0 Å². The van der Waals surface area contributed by atoms with Gasteiger partial charge in [-0.25, -0.2) is 0 Å². The first-order chi connectivity index (χ1) is 12.7. The van der Waals surface area contributed by atoms with E-state index in [0.717, 1.165) is 24.2 Å². The molecule has 1 aromatic carbocycles. The number of carbonyl (C=O) groups is 1. The van der Waals surface area contributed by atoms with E-state index in [-0.39, 0.29) is 18.6 Å². The van der Waals surface area contributed by atoms with E-state index in [1.807, 2.05) is 41.3 Å². The third-order valence-corrected chi connectivity index (χ3v) is 5.12. The van der Waals surface area contributed by atoms with Crippen LogP contribution in [0, 0.1) is 5.92 Å². The van der Waals surface area contributed by atoms with Gasteiger partial charge < -0.3 is 19.5 Å². The molecule has 26 heavy (non-hydrogen) atoms. The van der Waals surface area contributed by atoms with Crippen LogP contribution in [0.15, 0.2) is 42.6 Å². The van der Waals surface area contributed by atoms with Gasteiger partial charge in [0.15, 0.2) is 11.5 Å². The molecule has 0 saturated carbocycles. The van der Waals surface area contributed by atoms with Gasteiger partial charge in [0.1, 0.15) is 0 Å². The molecule has 4 rings (SSSR count). The number of aliphatic hydroxyl groups excluding tert-OH is 1. The Morgan fingerprint density at radius 3 is 2.77 bits per heavy atom. The SMILES string of the molecule is O=C(Cc1ccc2c(c1)OCO2)N1CCC(C(O)c2ccccn2)CC1. The molecule has 136 valence electrons. The molecule has 6 nitrogen and oxygen atoms in total. The lowest BCUT2D eigenvalue weighted by Crippen LogP contribution is -2.40. The third-order valence-electron chi connectivity index (χ3n) is 5.12. The molecule has 2 aromatic rings. The average Bonchev–Trinajstić information content (AvgIpc) is 3.16. The summed E-state index contributed by atoms with van der Waals surface area (Å²) < 4.78 is 10.7. The van der Waals surface area contributed by atoms with Crippen molar-refractivity contribution in [1.29, 1.82) is 0 Å². The van der Waals surface area contributed by atoms with Crippen LogP contribution in [0.25, 0.3) is 0 Å². The largest absolute Gasteiger partial charge is 0.454 e. The van der Waals surface area contributed by atoms with E-state index in [9.17, 15) is 9.90 Å². The Bertz CT molecular complexity index is 773. The van der Waals surface area contributed by atoms with E-state index < -0.39 is 6.10 Å². The van der Waals surface area contributed by atoms with Gasteiger partial charge in [-0.15, -0.1) is 0 Å². The number of rotatable bonds is 4. The fourth-order valence-corrected chi connectivity index (χ4v) is 3.59. The van der Waals surface area contributed by atoms with Crippen molar-refractivity contribution in [2.75, 3.05) is 19.9 Å². The van der Waals surface area contributed by atoms with Crippen LogP contribution in [0.2, 0.25) is 0 Å². The molecule has 0 aliphatic carbocycles. The molecule has 1 aromatic heterocycles. The van der Waals surface area contributed by atoms with Crippen LogP contribution in [0.1, 0.15) is 30.2 Å². The monoisotopic (exact) mass is 354 g/mol. The summed E-state index contributed by atoms with van der Waals surface area (Å²) >= 11 is 0. The number of hydrogen-bond donors (Lipinski definition) is 1. The molecule has 0 radical (unpaired) electrons. The summed E-state index contributed by atoms with van der Waals surface area (Å²) in [6.07, 6.45) is 3.05. The number of ether oxygens (including phenoxy) is 2. The summed E-state index contributed by atoms with van der Waals surface area (Å²) in [5.74, 6) is 1.67. The first-order valence-corrected chi connectivity index (χ1v) is 8.96. The molecule has 2 aliphatic heterocycles. The van der Waals surface area contributed by atoms with Crippen LogP contribution < -0.4 is 9.47 Å². The van der Waals surface area contributed by atoms with Crippen molar-refractivity contribution in [2.45, 2.75) is 25.4 Å². The first kappa shape index (κ1) is 16.8. The molecular formula is C20H22N2O4. The van der Waals surface area contributed by atoms with Crippen LogP contribution in [0.5, 0.6) is 11.5 Å². The summed E-state index contributed by atoms with van der Waals surface area (Å²) in [6.45, 7) is 1.56. The Labute approximate surface area is 152 Å². The lowest BCUT2D eigenvalue weighted by atomic mass is 9.89. The minimum Gasteiger partial charge on any atom is -0.454 e. The van der Waals surface area contributed by atoms with Crippen molar-refractivity contribution in [1.82, 2.24) is 9.88 Å². The highest BCUT2D eigenvalue weighted by Crippen LogP contribution is 2.33. The van der Waals surface area contributed by atoms with E-state index >= 15 is 0 Å². The Hall–Kier alpha value is -2.60. The number of nitrogens with zero attached hydrogens (tertiary/aromatic N) is 2. The van der Waals surface area contributed by atoms with Crippen molar-refractivity contribution in [3.05, 3.63) is 53.9 Å². The Morgan fingerprint density at radius 2 is 2.00 bits per heavy atom. The normalized spacial score (nSPS) is 18.0. The lowest BCUT2D eigenvalue weighted by Gasteiger charge is -2.34. The highest BCUT2D eigenvalue weighted by Gasteiger charge is 2.29. The summed E-state index contributed by atoms with van der Waals surface area (Å²) in [5.41, 5.74) is 1.63. The van der Waals surface area contributed by atoms with E-state index in [4.69, 9.17) is 9.47 Å². The van der Waals surface area contributed by atoms with Crippen LogP contribution in [-0.2, 0) is 11.2 Å². The van der Waals surface area contributed by atoms with E-state index in [0.29, 0.717) is 31.0 Å². The second kappa shape index (κ2) is 7.33. The molecule has 1 amide bonds. The number of benzene rings is 1. The van der Waals surface area contributed by atoms with Crippen molar-refractivity contribution in [3.63, 3.8) is 0 Å². The summed E-state index contributed by atoms with van der Waals surface area (Å²) in [5, 5.41) is 10.5. The predicted octanol–water partition coefficient (Wildman–Crippen LogP) is 2.33. The van der Waals surface area contributed by atoms with Crippen molar-refractivity contribution in [2.24, 2.45) is 5.92 Å². The van der Waals surface area contributed by atoms with Crippen molar-refractivity contribution < 1.29 is 19.4 Å². The molecular weight excluding hydrogens is 332 g/mol. The van der Waals surface area contributed by atoms with Crippen LogP contribution in [0.3, 0.4) is 0 Å². The second-order valence-corrected chi connectivity index (χ2v) is 6.78. The Balaban J connectivity index is 1.32. The third kappa shape index (κ3) is 3.51. The van der Waals surface area contributed by atoms with Gasteiger partial charge in [-0.05, 0) is 48.6 Å². The van der Waals surface area contributed by atoms with Crippen LogP contribution in [0.4, 0.5) is 0 Å². The van der Waals surface area contributed by atoms with Gasteiger partial charge in [0, 0.05) is 19.3 Å². The predicted molar refractivity (Wildman–Crippen MR) is 94.8 cm³/mol. The van der Waals surface area contributed by atoms with Gasteiger partial charge >= 0.3 is 0 Å². The van der Waals surface area contributed by atoms with Crippen molar-refractivity contribution in [3.8, 4) is 11.5 Å². The fourth-order valence-electron chi connectivity index (χ4n) is 3.59. The quantitative estimate of drug-likeness (QED) is 0.912. The number of aromatic nitrogens is 1. The first-order valence-electron chi connectivity index (χ1n) is 8.96. The Morgan fingerprint density at radius 1 is 1.19 bits per heavy atom. The molecule has 1 atom stereocenters. The molecule has 2 aliphatic rings. The van der Waals surface area contributed by atoms with Gasteiger partial charge in [-0.2, -0.15) is 0 Å². The summed E-state index contributed by atoms with van der Waals surface area (Å²) in [6, 6.07) is 11.2. The van der Waals surface area contributed by atoms with Gasteiger partial charge in [-0.3, -0.25) is 9.78 Å². The van der Waals surface area contributed by atoms with Crippen LogP contribution >= 0.6 is 0 Å². The zero-order chi connectivity index (χ0) is 17.9. The minimum absolute atomic E-state index is 0.106. The highest BCUT2D eigenvalue weighted by atomic mass is 16.7. The molecule has 1 N–H and O–H groups in total. The zero-order valence-electron chi connectivity index (χ0n) is 14.5. The number of carbonyl (C=O) groups excluding carboxylic acids is 1. The van der Waals surface area contributed by atoms with Gasteiger partial charge in [0.2, 0.25) is 12.7 Å².